The predicted molar refractivity (Wildman–Crippen MR) is 82.0 cm³/mol. The maximum absolute atomic E-state index is 12.2. The van der Waals surface area contributed by atoms with E-state index in [-0.39, 0.29) is 5.91 Å². The molecule has 0 saturated carbocycles. The molecule has 0 aliphatic rings. The van der Waals surface area contributed by atoms with Gasteiger partial charge in [0.05, 0.1) is 13.0 Å². The van der Waals surface area contributed by atoms with Crippen LogP contribution in [0.4, 0.5) is 0 Å². The SMILES string of the molecule is CCOc1ccc(CC(=O)N(C)Cc2ccncc2)cc1. The van der Waals surface area contributed by atoms with E-state index in [1.54, 1.807) is 17.3 Å². The van der Waals surface area contributed by atoms with Crippen LogP contribution in [-0.4, -0.2) is 29.4 Å². The summed E-state index contributed by atoms with van der Waals surface area (Å²) in [6.45, 7) is 3.19. The lowest BCUT2D eigenvalue weighted by Crippen LogP contribution is -2.27. The van der Waals surface area contributed by atoms with Crippen LogP contribution < -0.4 is 4.74 Å². The summed E-state index contributed by atoms with van der Waals surface area (Å²) in [4.78, 5) is 17.9. The summed E-state index contributed by atoms with van der Waals surface area (Å²) in [5, 5.41) is 0. The molecule has 0 atom stereocenters. The Morgan fingerprint density at radius 2 is 1.76 bits per heavy atom. The smallest absolute Gasteiger partial charge is 0.227 e. The first-order valence-corrected chi connectivity index (χ1v) is 7.03. The van der Waals surface area contributed by atoms with E-state index in [1.807, 2.05) is 50.4 Å². The third-order valence-corrected chi connectivity index (χ3v) is 3.18. The fourth-order valence-corrected chi connectivity index (χ4v) is 2.03. The fourth-order valence-electron chi connectivity index (χ4n) is 2.03. The summed E-state index contributed by atoms with van der Waals surface area (Å²) in [6, 6.07) is 11.5. The van der Waals surface area contributed by atoms with Gasteiger partial charge in [-0.15, -0.1) is 0 Å². The van der Waals surface area contributed by atoms with Crippen LogP contribution in [0, 0.1) is 0 Å². The first-order valence-electron chi connectivity index (χ1n) is 7.03. The molecule has 2 rings (SSSR count). The maximum atomic E-state index is 12.2. The molecule has 0 saturated heterocycles. The monoisotopic (exact) mass is 284 g/mol. The van der Waals surface area contributed by atoms with Gasteiger partial charge in [-0.2, -0.15) is 0 Å². The quantitative estimate of drug-likeness (QED) is 0.819. The van der Waals surface area contributed by atoms with Gasteiger partial charge in [-0.25, -0.2) is 0 Å². The molecule has 0 N–H and O–H groups in total. The molecule has 1 aromatic heterocycles. The Bertz CT molecular complexity index is 567. The second-order valence-corrected chi connectivity index (χ2v) is 4.86. The molecule has 110 valence electrons. The normalized spacial score (nSPS) is 10.2. The average Bonchev–Trinajstić information content (AvgIpc) is 2.50. The van der Waals surface area contributed by atoms with Crippen molar-refractivity contribution in [2.75, 3.05) is 13.7 Å². The van der Waals surface area contributed by atoms with Gasteiger partial charge >= 0.3 is 0 Å². The van der Waals surface area contributed by atoms with Crippen molar-refractivity contribution in [3.63, 3.8) is 0 Å². The number of amides is 1. The van der Waals surface area contributed by atoms with Gasteiger partial charge in [-0.1, -0.05) is 12.1 Å². The van der Waals surface area contributed by atoms with Crippen molar-refractivity contribution in [3.05, 3.63) is 59.9 Å². The first-order chi connectivity index (χ1) is 10.2. The van der Waals surface area contributed by atoms with Crippen molar-refractivity contribution >= 4 is 5.91 Å². The standard InChI is InChI=1S/C17H20N2O2/c1-3-21-16-6-4-14(5-7-16)12-17(20)19(2)13-15-8-10-18-11-9-15/h4-11H,3,12-13H2,1-2H3. The lowest BCUT2D eigenvalue weighted by molar-refractivity contribution is -0.129. The van der Waals surface area contributed by atoms with Gasteiger partial charge in [-0.05, 0) is 42.3 Å². The van der Waals surface area contributed by atoms with Crippen LogP contribution in [0.25, 0.3) is 0 Å². The molecule has 0 unspecified atom stereocenters. The number of benzene rings is 1. The molecular weight excluding hydrogens is 264 g/mol. The highest BCUT2D eigenvalue weighted by molar-refractivity contribution is 5.78. The Morgan fingerprint density at radius 1 is 1.10 bits per heavy atom. The first kappa shape index (κ1) is 15.0. The van der Waals surface area contributed by atoms with E-state index in [1.165, 1.54) is 0 Å². The van der Waals surface area contributed by atoms with E-state index in [4.69, 9.17) is 4.74 Å². The van der Waals surface area contributed by atoms with Crippen molar-refractivity contribution in [2.45, 2.75) is 19.9 Å². The molecule has 0 bridgehead atoms. The van der Waals surface area contributed by atoms with Crippen LogP contribution >= 0.6 is 0 Å². The van der Waals surface area contributed by atoms with E-state index in [0.717, 1.165) is 16.9 Å². The number of aromatic nitrogens is 1. The van der Waals surface area contributed by atoms with Crippen LogP contribution in [0.1, 0.15) is 18.1 Å². The zero-order chi connectivity index (χ0) is 15.1. The minimum absolute atomic E-state index is 0.0935. The number of pyridine rings is 1. The summed E-state index contributed by atoms with van der Waals surface area (Å²) in [5.74, 6) is 0.926. The van der Waals surface area contributed by atoms with Gasteiger partial charge in [0.25, 0.3) is 0 Å². The van der Waals surface area contributed by atoms with Gasteiger partial charge in [-0.3, -0.25) is 9.78 Å². The molecule has 0 aliphatic heterocycles. The number of nitrogens with zero attached hydrogens (tertiary/aromatic N) is 2. The topological polar surface area (TPSA) is 42.4 Å². The van der Waals surface area contributed by atoms with Crippen molar-refractivity contribution in [3.8, 4) is 5.75 Å². The Kier molecular flexibility index (Phi) is 5.32. The highest BCUT2D eigenvalue weighted by Gasteiger charge is 2.10. The number of rotatable bonds is 6. The van der Waals surface area contributed by atoms with Gasteiger partial charge in [0.2, 0.25) is 5.91 Å². The summed E-state index contributed by atoms with van der Waals surface area (Å²) >= 11 is 0. The summed E-state index contributed by atoms with van der Waals surface area (Å²) in [7, 11) is 1.82. The molecule has 21 heavy (non-hydrogen) atoms. The van der Waals surface area contributed by atoms with Crippen LogP contribution in [0.5, 0.6) is 5.75 Å². The Morgan fingerprint density at radius 3 is 2.38 bits per heavy atom. The largest absolute Gasteiger partial charge is 0.494 e. The number of ether oxygens (including phenoxy) is 1. The van der Waals surface area contributed by atoms with E-state index >= 15 is 0 Å². The molecule has 0 aliphatic carbocycles. The van der Waals surface area contributed by atoms with E-state index in [0.29, 0.717) is 19.6 Å². The van der Waals surface area contributed by atoms with Crippen molar-refractivity contribution in [1.29, 1.82) is 0 Å². The number of hydrogen-bond acceptors (Lipinski definition) is 3. The molecule has 0 fully saturated rings. The van der Waals surface area contributed by atoms with Crippen molar-refractivity contribution in [2.24, 2.45) is 0 Å². The van der Waals surface area contributed by atoms with Crippen LogP contribution in [0.2, 0.25) is 0 Å². The minimum atomic E-state index is 0.0935. The molecule has 4 heteroatoms. The summed E-state index contributed by atoms with van der Waals surface area (Å²) < 4.78 is 5.39. The van der Waals surface area contributed by atoms with Crippen molar-refractivity contribution < 1.29 is 9.53 Å². The molecule has 4 nitrogen and oxygen atoms in total. The minimum Gasteiger partial charge on any atom is -0.494 e. The Labute approximate surface area is 125 Å². The molecule has 1 aromatic carbocycles. The predicted octanol–water partition coefficient (Wildman–Crippen LogP) is 2.68. The number of likely N-dealkylation sites (N-methyl/N-ethyl adjacent to an activating group) is 1. The molecule has 0 spiro atoms. The van der Waals surface area contributed by atoms with Gasteiger partial charge in [0.1, 0.15) is 5.75 Å². The van der Waals surface area contributed by atoms with Crippen LogP contribution in [0.3, 0.4) is 0 Å². The third kappa shape index (κ3) is 4.60. The highest BCUT2D eigenvalue weighted by atomic mass is 16.5. The Balaban J connectivity index is 1.91. The summed E-state index contributed by atoms with van der Waals surface area (Å²) in [6.07, 6.45) is 3.87. The second-order valence-electron chi connectivity index (χ2n) is 4.86. The lowest BCUT2D eigenvalue weighted by Gasteiger charge is -2.17. The van der Waals surface area contributed by atoms with Gasteiger partial charge in [0.15, 0.2) is 0 Å². The van der Waals surface area contributed by atoms with Gasteiger partial charge in [0, 0.05) is 26.0 Å². The number of hydrogen-bond donors (Lipinski definition) is 0. The number of carbonyl (C=O) groups excluding carboxylic acids is 1. The Hall–Kier alpha value is -2.36. The maximum Gasteiger partial charge on any atom is 0.227 e. The van der Waals surface area contributed by atoms with E-state index < -0.39 is 0 Å². The van der Waals surface area contributed by atoms with Crippen molar-refractivity contribution in [1.82, 2.24) is 9.88 Å². The fraction of sp³-hybridized carbons (Fsp3) is 0.294. The highest BCUT2D eigenvalue weighted by Crippen LogP contribution is 2.13. The third-order valence-electron chi connectivity index (χ3n) is 3.18. The molecular formula is C17H20N2O2. The molecule has 2 aromatic rings. The van der Waals surface area contributed by atoms with Crippen LogP contribution in [0.15, 0.2) is 48.8 Å². The molecule has 1 heterocycles. The average molecular weight is 284 g/mol. The second kappa shape index (κ2) is 7.43. The zero-order valence-electron chi connectivity index (χ0n) is 12.5. The number of carbonyl (C=O) groups is 1. The van der Waals surface area contributed by atoms with E-state index in [9.17, 15) is 4.79 Å². The summed E-state index contributed by atoms with van der Waals surface area (Å²) in [5.41, 5.74) is 2.07. The van der Waals surface area contributed by atoms with Gasteiger partial charge < -0.3 is 9.64 Å². The van der Waals surface area contributed by atoms with Crippen LogP contribution in [-0.2, 0) is 17.8 Å². The molecule has 1 amide bonds. The lowest BCUT2D eigenvalue weighted by atomic mass is 10.1. The zero-order valence-corrected chi connectivity index (χ0v) is 12.5. The van der Waals surface area contributed by atoms with E-state index in [2.05, 4.69) is 4.98 Å². The molecule has 0 radical (unpaired) electrons.